The van der Waals surface area contributed by atoms with Gasteiger partial charge in [0, 0.05) is 6.04 Å². The molecule has 3 atom stereocenters. The van der Waals surface area contributed by atoms with Crippen LogP contribution in [0.15, 0.2) is 0 Å². The largest absolute Gasteiger partial charge is 0.378 e. The first-order chi connectivity index (χ1) is 6.70. The lowest BCUT2D eigenvalue weighted by molar-refractivity contribution is -0.0221. The van der Waals surface area contributed by atoms with Gasteiger partial charge in [-0.25, -0.2) is 0 Å². The summed E-state index contributed by atoms with van der Waals surface area (Å²) in [7, 11) is 2.08. The van der Waals surface area contributed by atoms with Crippen molar-refractivity contribution in [2.24, 2.45) is 5.92 Å². The van der Waals surface area contributed by atoms with E-state index in [9.17, 15) is 5.11 Å². The van der Waals surface area contributed by atoms with Crippen LogP contribution in [-0.4, -0.2) is 29.3 Å². The van der Waals surface area contributed by atoms with Gasteiger partial charge in [0.15, 0.2) is 0 Å². The third-order valence-corrected chi connectivity index (χ3v) is 3.68. The molecule has 1 N–H and O–H groups in total. The van der Waals surface area contributed by atoms with Crippen molar-refractivity contribution in [1.29, 1.82) is 0 Å². The lowest BCUT2D eigenvalue weighted by Crippen LogP contribution is -2.42. The smallest absolute Gasteiger partial charge is 0.107 e. The molecule has 0 amide bonds. The number of aliphatic hydroxyl groups excluding tert-OH is 1. The minimum Gasteiger partial charge on any atom is -0.378 e. The highest BCUT2D eigenvalue weighted by molar-refractivity contribution is 4.84. The molecule has 0 aromatic carbocycles. The molecule has 84 valence electrons. The zero-order chi connectivity index (χ0) is 10.6. The molecule has 1 saturated carbocycles. The summed E-state index contributed by atoms with van der Waals surface area (Å²) in [6, 6.07) is 0.626. The predicted molar refractivity (Wildman–Crippen MR) is 60.1 cm³/mol. The van der Waals surface area contributed by atoms with Gasteiger partial charge >= 0.3 is 0 Å². The first-order valence-electron chi connectivity index (χ1n) is 6.10. The summed E-state index contributed by atoms with van der Waals surface area (Å²) in [6.45, 7) is 4.39. The number of hydrogen-bond acceptors (Lipinski definition) is 2. The van der Waals surface area contributed by atoms with E-state index in [0.717, 1.165) is 18.8 Å². The van der Waals surface area contributed by atoms with E-state index in [4.69, 9.17) is 0 Å². The van der Waals surface area contributed by atoms with Crippen LogP contribution in [0.25, 0.3) is 0 Å². The quantitative estimate of drug-likeness (QED) is 0.688. The maximum Gasteiger partial charge on any atom is 0.107 e. The van der Waals surface area contributed by atoms with Crippen LogP contribution < -0.4 is 0 Å². The van der Waals surface area contributed by atoms with Gasteiger partial charge in [-0.2, -0.15) is 0 Å². The average Bonchev–Trinajstić information content (AvgIpc) is 2.64. The zero-order valence-corrected chi connectivity index (χ0v) is 9.87. The molecule has 0 spiro atoms. The molecule has 0 saturated heterocycles. The lowest BCUT2D eigenvalue weighted by Gasteiger charge is -2.33. The van der Waals surface area contributed by atoms with Crippen LogP contribution >= 0.6 is 0 Å². The monoisotopic (exact) mass is 199 g/mol. The molecule has 14 heavy (non-hydrogen) atoms. The zero-order valence-electron chi connectivity index (χ0n) is 9.87. The Labute approximate surface area is 88.3 Å². The maximum atomic E-state index is 9.92. The van der Waals surface area contributed by atoms with Crippen molar-refractivity contribution in [3.8, 4) is 0 Å². The van der Waals surface area contributed by atoms with Gasteiger partial charge in [0.1, 0.15) is 6.23 Å². The Morgan fingerprint density at radius 1 is 1.36 bits per heavy atom. The Bertz CT molecular complexity index is 160. The summed E-state index contributed by atoms with van der Waals surface area (Å²) in [4.78, 5) is 2.20. The first kappa shape index (κ1) is 12.0. The highest BCUT2D eigenvalue weighted by Gasteiger charge is 2.31. The van der Waals surface area contributed by atoms with Crippen molar-refractivity contribution in [1.82, 2.24) is 4.90 Å². The summed E-state index contributed by atoms with van der Waals surface area (Å²) in [5, 5.41) is 9.92. The van der Waals surface area contributed by atoms with Crippen LogP contribution in [0, 0.1) is 5.92 Å². The number of rotatable bonds is 5. The number of aliphatic hydroxyl groups is 1. The molecule has 1 fully saturated rings. The van der Waals surface area contributed by atoms with Gasteiger partial charge < -0.3 is 5.11 Å². The van der Waals surface area contributed by atoms with Crippen molar-refractivity contribution in [2.45, 2.75) is 64.6 Å². The lowest BCUT2D eigenvalue weighted by atomic mass is 9.99. The summed E-state index contributed by atoms with van der Waals surface area (Å²) >= 11 is 0. The molecule has 1 aliphatic rings. The Morgan fingerprint density at radius 2 is 2.07 bits per heavy atom. The normalized spacial score (nSPS) is 29.8. The third kappa shape index (κ3) is 2.71. The third-order valence-electron chi connectivity index (χ3n) is 3.68. The van der Waals surface area contributed by atoms with E-state index in [1.54, 1.807) is 0 Å². The SMILES string of the molecule is CCCC(O)N(C)C1CCCC1CC. The summed E-state index contributed by atoms with van der Waals surface area (Å²) in [5.74, 6) is 0.812. The molecular formula is C12H25NO. The minimum absolute atomic E-state index is 0.225. The fourth-order valence-electron chi connectivity index (χ4n) is 2.71. The first-order valence-corrected chi connectivity index (χ1v) is 6.10. The van der Waals surface area contributed by atoms with E-state index < -0.39 is 0 Å². The van der Waals surface area contributed by atoms with Gasteiger partial charge in [0.2, 0.25) is 0 Å². The van der Waals surface area contributed by atoms with Gasteiger partial charge in [0.25, 0.3) is 0 Å². The molecule has 2 heteroatoms. The average molecular weight is 199 g/mol. The second-order valence-corrected chi connectivity index (χ2v) is 4.60. The van der Waals surface area contributed by atoms with Gasteiger partial charge in [-0.1, -0.05) is 33.1 Å². The summed E-state index contributed by atoms with van der Waals surface area (Å²) in [6.07, 6.45) is 6.97. The van der Waals surface area contributed by atoms with E-state index in [2.05, 4.69) is 25.8 Å². The van der Waals surface area contributed by atoms with Crippen LogP contribution in [0.3, 0.4) is 0 Å². The number of nitrogens with zero attached hydrogens (tertiary/aromatic N) is 1. The highest BCUT2D eigenvalue weighted by atomic mass is 16.3. The topological polar surface area (TPSA) is 23.5 Å². The van der Waals surface area contributed by atoms with Crippen LogP contribution in [0.1, 0.15) is 52.4 Å². The van der Waals surface area contributed by atoms with Crippen LogP contribution in [0.2, 0.25) is 0 Å². The molecule has 0 bridgehead atoms. The van der Waals surface area contributed by atoms with Crippen molar-refractivity contribution in [3.05, 3.63) is 0 Å². The maximum absolute atomic E-state index is 9.92. The molecule has 0 radical (unpaired) electrons. The minimum atomic E-state index is -0.225. The van der Waals surface area contributed by atoms with Gasteiger partial charge in [-0.3, -0.25) is 4.90 Å². The van der Waals surface area contributed by atoms with E-state index in [1.807, 2.05) is 0 Å². The Morgan fingerprint density at radius 3 is 2.64 bits per heavy atom. The second-order valence-electron chi connectivity index (χ2n) is 4.60. The molecule has 0 aromatic rings. The predicted octanol–water partition coefficient (Wildman–Crippen LogP) is 2.62. The molecule has 0 aliphatic heterocycles. The molecular weight excluding hydrogens is 174 g/mol. The standard InChI is InChI=1S/C12H25NO/c1-4-7-12(14)13(3)11-9-6-8-10(11)5-2/h10-12,14H,4-9H2,1-3H3. The Hall–Kier alpha value is -0.0800. The highest BCUT2D eigenvalue weighted by Crippen LogP contribution is 2.32. The molecule has 1 aliphatic carbocycles. The van der Waals surface area contributed by atoms with Crippen molar-refractivity contribution in [3.63, 3.8) is 0 Å². The van der Waals surface area contributed by atoms with Crippen LogP contribution in [-0.2, 0) is 0 Å². The fourth-order valence-corrected chi connectivity index (χ4v) is 2.71. The van der Waals surface area contributed by atoms with E-state index >= 15 is 0 Å². The summed E-state index contributed by atoms with van der Waals surface area (Å²) in [5.41, 5.74) is 0. The molecule has 0 aromatic heterocycles. The molecule has 0 heterocycles. The fraction of sp³-hybridized carbons (Fsp3) is 1.00. The molecule has 3 unspecified atom stereocenters. The van der Waals surface area contributed by atoms with Crippen LogP contribution in [0.5, 0.6) is 0 Å². The van der Waals surface area contributed by atoms with E-state index in [-0.39, 0.29) is 6.23 Å². The van der Waals surface area contributed by atoms with Gasteiger partial charge in [-0.05, 0) is 32.2 Å². The second kappa shape index (κ2) is 5.72. The Kier molecular flexibility index (Phi) is 4.90. The van der Waals surface area contributed by atoms with Crippen LogP contribution in [0.4, 0.5) is 0 Å². The van der Waals surface area contributed by atoms with E-state index in [1.165, 1.54) is 25.7 Å². The van der Waals surface area contributed by atoms with Crippen molar-refractivity contribution in [2.75, 3.05) is 7.05 Å². The van der Waals surface area contributed by atoms with Crippen molar-refractivity contribution >= 4 is 0 Å². The van der Waals surface area contributed by atoms with Gasteiger partial charge in [-0.15, -0.1) is 0 Å². The molecule has 1 rings (SSSR count). The Balaban J connectivity index is 2.45. The summed E-state index contributed by atoms with van der Waals surface area (Å²) < 4.78 is 0. The van der Waals surface area contributed by atoms with Gasteiger partial charge in [0.05, 0.1) is 0 Å². The van der Waals surface area contributed by atoms with E-state index in [0.29, 0.717) is 6.04 Å². The number of hydrogen-bond donors (Lipinski definition) is 1. The van der Waals surface area contributed by atoms with Crippen molar-refractivity contribution < 1.29 is 5.11 Å². The molecule has 2 nitrogen and oxygen atoms in total.